The molecule has 0 bridgehead atoms. The van der Waals surface area contributed by atoms with E-state index in [-0.39, 0.29) is 35.7 Å². The molecule has 2 aromatic rings. The summed E-state index contributed by atoms with van der Waals surface area (Å²) in [7, 11) is 0. The highest BCUT2D eigenvalue weighted by molar-refractivity contribution is 6.31. The number of benzene rings is 1. The van der Waals surface area contributed by atoms with Crippen molar-refractivity contribution in [1.82, 2.24) is 20.3 Å². The summed E-state index contributed by atoms with van der Waals surface area (Å²) in [6, 6.07) is 3.52. The maximum Gasteiger partial charge on any atom is 0.417 e. The molecule has 1 aromatic heterocycles. The van der Waals surface area contributed by atoms with E-state index in [0.29, 0.717) is 12.1 Å². The molecular weight excluding hydrogens is 369 g/mol. The van der Waals surface area contributed by atoms with Gasteiger partial charge >= 0.3 is 6.18 Å². The van der Waals surface area contributed by atoms with Gasteiger partial charge in [0.1, 0.15) is 0 Å². The van der Waals surface area contributed by atoms with Gasteiger partial charge in [-0.05, 0) is 30.0 Å². The Labute approximate surface area is 154 Å². The summed E-state index contributed by atoms with van der Waals surface area (Å²) < 4.78 is 38.7. The number of amides is 1. The maximum atomic E-state index is 12.9. The first kappa shape index (κ1) is 20.2. The lowest BCUT2D eigenvalue weighted by atomic mass is 10.0. The minimum absolute atomic E-state index is 0.0781. The first-order valence-corrected chi connectivity index (χ1v) is 8.53. The van der Waals surface area contributed by atoms with Crippen LogP contribution in [-0.2, 0) is 23.9 Å². The highest BCUT2D eigenvalue weighted by Gasteiger charge is 2.33. The second-order valence-corrected chi connectivity index (χ2v) is 6.72. The number of nitrogens with zero attached hydrogens (tertiary/aromatic N) is 3. The van der Waals surface area contributed by atoms with Gasteiger partial charge in [-0.15, -0.1) is 0 Å². The van der Waals surface area contributed by atoms with E-state index in [0.717, 1.165) is 6.07 Å². The zero-order valence-electron chi connectivity index (χ0n) is 14.4. The Morgan fingerprint density at radius 1 is 1.27 bits per heavy atom. The Balaban J connectivity index is 1.95. The summed E-state index contributed by atoms with van der Waals surface area (Å²) in [5.41, 5.74) is -0.478. The summed E-state index contributed by atoms with van der Waals surface area (Å²) in [4.78, 5) is 13.7. The summed E-state index contributed by atoms with van der Waals surface area (Å²) >= 11 is 5.60. The lowest BCUT2D eigenvalue weighted by Crippen LogP contribution is -2.42. The lowest BCUT2D eigenvalue weighted by molar-refractivity contribution is -0.137. The largest absolute Gasteiger partial charge is 0.417 e. The molecular formula is C17H20ClF3N4O. The summed E-state index contributed by atoms with van der Waals surface area (Å²) in [6.45, 7) is 4.35. The monoisotopic (exact) mass is 388 g/mol. The van der Waals surface area contributed by atoms with Gasteiger partial charge in [-0.2, -0.15) is 28.2 Å². The third-order valence-corrected chi connectivity index (χ3v) is 4.28. The van der Waals surface area contributed by atoms with Gasteiger partial charge in [0.15, 0.2) is 0 Å². The van der Waals surface area contributed by atoms with E-state index in [1.807, 2.05) is 13.8 Å². The normalized spacial score (nSPS) is 13.0. The number of hydrogen-bond donors (Lipinski definition) is 1. The Kier molecular flexibility index (Phi) is 6.63. The zero-order chi connectivity index (χ0) is 19.3. The molecule has 0 aliphatic rings. The fraction of sp³-hybridized carbons (Fsp3) is 0.471. The van der Waals surface area contributed by atoms with Crippen LogP contribution in [0.25, 0.3) is 0 Å². The molecule has 0 fully saturated rings. The molecule has 1 unspecified atom stereocenters. The van der Waals surface area contributed by atoms with Crippen molar-refractivity contribution in [3.63, 3.8) is 0 Å². The molecule has 1 heterocycles. The van der Waals surface area contributed by atoms with Crippen LogP contribution in [0.2, 0.25) is 5.02 Å². The van der Waals surface area contributed by atoms with Gasteiger partial charge in [0.2, 0.25) is 5.91 Å². The van der Waals surface area contributed by atoms with E-state index in [2.05, 4.69) is 15.5 Å². The van der Waals surface area contributed by atoms with Gasteiger partial charge in [0, 0.05) is 6.42 Å². The van der Waals surface area contributed by atoms with E-state index in [4.69, 9.17) is 11.6 Å². The molecule has 1 atom stereocenters. The van der Waals surface area contributed by atoms with E-state index in [9.17, 15) is 18.0 Å². The molecule has 9 heteroatoms. The molecule has 0 aliphatic carbocycles. The Morgan fingerprint density at radius 2 is 1.92 bits per heavy atom. The SMILES string of the molecule is CC(C)C(Cn1nccn1)NC(=O)CCc1ccc(Cl)c(C(F)(F)F)c1. The minimum Gasteiger partial charge on any atom is -0.351 e. The highest BCUT2D eigenvalue weighted by Crippen LogP contribution is 2.35. The quantitative estimate of drug-likeness (QED) is 0.786. The van der Waals surface area contributed by atoms with E-state index < -0.39 is 11.7 Å². The molecule has 1 amide bonds. The first-order valence-electron chi connectivity index (χ1n) is 8.16. The predicted octanol–water partition coefficient (Wildman–Crippen LogP) is 3.72. The average molecular weight is 389 g/mol. The summed E-state index contributed by atoms with van der Waals surface area (Å²) in [6.07, 6.45) is -1.14. The number of carbonyl (C=O) groups is 1. The van der Waals surface area contributed by atoms with Crippen molar-refractivity contribution in [3.8, 4) is 0 Å². The van der Waals surface area contributed by atoms with Crippen LogP contribution in [0.1, 0.15) is 31.4 Å². The smallest absolute Gasteiger partial charge is 0.351 e. The zero-order valence-corrected chi connectivity index (χ0v) is 15.2. The molecule has 26 heavy (non-hydrogen) atoms. The Bertz CT molecular complexity index is 732. The van der Waals surface area contributed by atoms with Crippen LogP contribution < -0.4 is 5.32 Å². The molecule has 2 rings (SSSR count). The molecule has 0 saturated heterocycles. The van der Waals surface area contributed by atoms with Crippen molar-refractivity contribution in [3.05, 3.63) is 46.7 Å². The number of aryl methyl sites for hydroxylation is 1. The van der Waals surface area contributed by atoms with E-state index >= 15 is 0 Å². The number of nitrogens with one attached hydrogen (secondary N) is 1. The highest BCUT2D eigenvalue weighted by atomic mass is 35.5. The maximum absolute atomic E-state index is 12.9. The van der Waals surface area contributed by atoms with Crippen molar-refractivity contribution in [2.75, 3.05) is 0 Å². The molecule has 0 spiro atoms. The molecule has 1 N–H and O–H groups in total. The van der Waals surface area contributed by atoms with Crippen LogP contribution in [0, 0.1) is 5.92 Å². The fourth-order valence-electron chi connectivity index (χ4n) is 2.42. The molecule has 0 radical (unpaired) electrons. The number of hydrogen-bond acceptors (Lipinski definition) is 3. The number of aromatic nitrogens is 3. The van der Waals surface area contributed by atoms with Gasteiger partial charge in [-0.1, -0.05) is 31.5 Å². The van der Waals surface area contributed by atoms with Crippen molar-refractivity contribution >= 4 is 17.5 Å². The van der Waals surface area contributed by atoms with Crippen molar-refractivity contribution in [2.24, 2.45) is 5.92 Å². The Morgan fingerprint density at radius 3 is 2.50 bits per heavy atom. The van der Waals surface area contributed by atoms with Crippen LogP contribution in [0.15, 0.2) is 30.6 Å². The predicted molar refractivity (Wildman–Crippen MR) is 91.6 cm³/mol. The van der Waals surface area contributed by atoms with Gasteiger partial charge in [-0.3, -0.25) is 4.79 Å². The van der Waals surface area contributed by atoms with E-state index in [1.165, 1.54) is 16.9 Å². The second kappa shape index (κ2) is 8.53. The molecule has 5 nitrogen and oxygen atoms in total. The van der Waals surface area contributed by atoms with E-state index in [1.54, 1.807) is 12.4 Å². The number of rotatable bonds is 7. The van der Waals surface area contributed by atoms with Gasteiger partial charge in [0.05, 0.1) is 35.6 Å². The van der Waals surface area contributed by atoms with Crippen LogP contribution >= 0.6 is 11.6 Å². The standard InChI is InChI=1S/C17H20ClF3N4O/c1-11(2)15(10-25-22-7-8-23-25)24-16(26)6-4-12-3-5-14(18)13(9-12)17(19,20)21/h3,5,7-9,11,15H,4,6,10H2,1-2H3,(H,24,26). The fourth-order valence-corrected chi connectivity index (χ4v) is 2.64. The Hall–Kier alpha value is -2.09. The number of alkyl halides is 3. The van der Waals surface area contributed by atoms with Gasteiger partial charge in [-0.25, -0.2) is 0 Å². The molecule has 142 valence electrons. The van der Waals surface area contributed by atoms with Gasteiger partial charge in [0.25, 0.3) is 0 Å². The van der Waals surface area contributed by atoms with Crippen molar-refractivity contribution < 1.29 is 18.0 Å². The summed E-state index contributed by atoms with van der Waals surface area (Å²) in [5, 5.41) is 10.6. The second-order valence-electron chi connectivity index (χ2n) is 6.31. The first-order chi connectivity index (χ1) is 12.2. The van der Waals surface area contributed by atoms with Crippen molar-refractivity contribution in [1.29, 1.82) is 0 Å². The molecule has 0 aliphatic heterocycles. The molecule has 1 aromatic carbocycles. The third kappa shape index (κ3) is 5.72. The van der Waals surface area contributed by atoms with Crippen LogP contribution in [0.4, 0.5) is 13.2 Å². The minimum atomic E-state index is -4.52. The van der Waals surface area contributed by atoms with Crippen LogP contribution in [0.3, 0.4) is 0 Å². The lowest BCUT2D eigenvalue weighted by Gasteiger charge is -2.22. The average Bonchev–Trinajstić information content (AvgIpc) is 3.05. The number of carbonyl (C=O) groups excluding carboxylic acids is 1. The number of halogens is 4. The summed E-state index contributed by atoms with van der Waals surface area (Å²) in [5.74, 6) is -0.0864. The van der Waals surface area contributed by atoms with Crippen LogP contribution in [-0.4, -0.2) is 26.9 Å². The topological polar surface area (TPSA) is 59.8 Å². The molecule has 0 saturated carbocycles. The third-order valence-electron chi connectivity index (χ3n) is 3.95. The van der Waals surface area contributed by atoms with Crippen molar-refractivity contribution in [2.45, 2.75) is 45.5 Å². The van der Waals surface area contributed by atoms with Crippen LogP contribution in [0.5, 0.6) is 0 Å². The van der Waals surface area contributed by atoms with Gasteiger partial charge < -0.3 is 5.32 Å².